The Morgan fingerprint density at radius 1 is 1.47 bits per heavy atom. The number of aliphatic hydroxyl groups is 1. The number of benzene rings is 1. The minimum atomic E-state index is -0.609. The number of hydrogen-bond donors (Lipinski definition) is 3. The summed E-state index contributed by atoms with van der Waals surface area (Å²) in [6.07, 6.45) is -0.609. The van der Waals surface area contributed by atoms with Crippen LogP contribution in [0.5, 0.6) is 0 Å². The predicted octanol–water partition coefficient (Wildman–Crippen LogP) is 1.15. The molecule has 0 aliphatic carbocycles. The summed E-state index contributed by atoms with van der Waals surface area (Å²) in [5.41, 5.74) is 1.84. The van der Waals surface area contributed by atoms with Gasteiger partial charge >= 0.3 is 5.76 Å². The van der Waals surface area contributed by atoms with Gasteiger partial charge < -0.3 is 14.8 Å². The first kappa shape index (κ1) is 11.9. The fraction of sp³-hybridized carbons (Fsp3) is 0.417. The number of fused-ring (bicyclic) bond motifs is 1. The maximum Gasteiger partial charge on any atom is 0.417 e. The molecule has 1 atom stereocenters. The lowest BCUT2D eigenvalue weighted by atomic mass is 10.1. The van der Waals surface area contributed by atoms with Crippen molar-refractivity contribution in [1.29, 1.82) is 0 Å². The van der Waals surface area contributed by atoms with E-state index in [0.717, 1.165) is 5.56 Å². The average molecular weight is 236 g/mol. The van der Waals surface area contributed by atoms with Gasteiger partial charge in [0.05, 0.1) is 11.6 Å². The number of aromatic amines is 1. The minimum absolute atomic E-state index is 0.318. The quantitative estimate of drug-likeness (QED) is 0.744. The third kappa shape index (κ3) is 2.75. The van der Waals surface area contributed by atoms with Gasteiger partial charge in [-0.05, 0) is 17.7 Å². The SMILES string of the molecule is CC(C)NCC(O)c1ccc2[nH]c(=O)oc2c1. The van der Waals surface area contributed by atoms with Gasteiger partial charge in [-0.3, -0.25) is 4.98 Å². The van der Waals surface area contributed by atoms with Crippen molar-refractivity contribution in [3.05, 3.63) is 34.3 Å². The van der Waals surface area contributed by atoms with Crippen LogP contribution in [-0.2, 0) is 0 Å². The second-order valence-electron chi connectivity index (χ2n) is 4.35. The topological polar surface area (TPSA) is 78.3 Å². The van der Waals surface area contributed by atoms with Gasteiger partial charge in [0, 0.05) is 12.6 Å². The summed E-state index contributed by atoms with van der Waals surface area (Å²) < 4.78 is 4.94. The van der Waals surface area contributed by atoms with Crippen LogP contribution in [0.4, 0.5) is 0 Å². The lowest BCUT2D eigenvalue weighted by Gasteiger charge is -2.14. The Bertz CT molecular complexity index is 556. The van der Waals surface area contributed by atoms with Crippen molar-refractivity contribution in [2.45, 2.75) is 26.0 Å². The Labute approximate surface area is 98.5 Å². The van der Waals surface area contributed by atoms with Crippen molar-refractivity contribution >= 4 is 11.1 Å². The van der Waals surface area contributed by atoms with Crippen LogP contribution in [0.1, 0.15) is 25.5 Å². The van der Waals surface area contributed by atoms with Crippen molar-refractivity contribution in [1.82, 2.24) is 10.3 Å². The molecule has 0 aliphatic heterocycles. The van der Waals surface area contributed by atoms with Gasteiger partial charge in [-0.1, -0.05) is 19.9 Å². The molecule has 5 nitrogen and oxygen atoms in total. The summed E-state index contributed by atoms with van der Waals surface area (Å²) in [5, 5.41) is 13.1. The summed E-state index contributed by atoms with van der Waals surface area (Å²) in [4.78, 5) is 13.5. The molecule has 1 unspecified atom stereocenters. The number of aromatic nitrogens is 1. The lowest BCUT2D eigenvalue weighted by molar-refractivity contribution is 0.171. The van der Waals surface area contributed by atoms with Crippen LogP contribution in [0, 0.1) is 0 Å². The van der Waals surface area contributed by atoms with E-state index in [0.29, 0.717) is 23.7 Å². The molecule has 1 heterocycles. The predicted molar refractivity (Wildman–Crippen MR) is 64.9 cm³/mol. The summed E-state index contributed by atoms with van der Waals surface area (Å²) in [5.74, 6) is -0.480. The normalized spacial score (nSPS) is 13.4. The average Bonchev–Trinajstić information content (AvgIpc) is 2.64. The van der Waals surface area contributed by atoms with Gasteiger partial charge in [-0.15, -0.1) is 0 Å². The van der Waals surface area contributed by atoms with E-state index < -0.39 is 11.9 Å². The van der Waals surface area contributed by atoms with E-state index in [1.54, 1.807) is 18.2 Å². The Hall–Kier alpha value is -1.59. The smallest absolute Gasteiger partial charge is 0.408 e. The lowest BCUT2D eigenvalue weighted by Crippen LogP contribution is -2.27. The van der Waals surface area contributed by atoms with Crippen molar-refractivity contribution in [2.24, 2.45) is 0 Å². The molecular weight excluding hydrogens is 220 g/mol. The highest BCUT2D eigenvalue weighted by atomic mass is 16.4. The standard InChI is InChI=1S/C12H16N2O3/c1-7(2)13-6-10(15)8-3-4-9-11(5-8)17-12(16)14-9/h3-5,7,10,13,15H,6H2,1-2H3,(H,14,16). The zero-order valence-corrected chi connectivity index (χ0v) is 9.86. The van der Waals surface area contributed by atoms with E-state index >= 15 is 0 Å². The van der Waals surface area contributed by atoms with E-state index in [4.69, 9.17) is 4.42 Å². The molecule has 2 aromatic rings. The second-order valence-corrected chi connectivity index (χ2v) is 4.35. The highest BCUT2D eigenvalue weighted by Crippen LogP contribution is 2.18. The molecule has 92 valence electrons. The van der Waals surface area contributed by atoms with Crippen molar-refractivity contribution < 1.29 is 9.52 Å². The Kier molecular flexibility index (Phi) is 3.31. The largest absolute Gasteiger partial charge is 0.417 e. The first-order valence-corrected chi connectivity index (χ1v) is 5.60. The molecule has 0 aliphatic rings. The van der Waals surface area contributed by atoms with Crippen LogP contribution < -0.4 is 11.1 Å². The van der Waals surface area contributed by atoms with Gasteiger partial charge in [0.25, 0.3) is 0 Å². The molecule has 0 saturated heterocycles. The summed E-state index contributed by atoms with van der Waals surface area (Å²) in [7, 11) is 0. The highest BCUT2D eigenvalue weighted by Gasteiger charge is 2.10. The third-order valence-corrected chi connectivity index (χ3v) is 2.55. The molecule has 1 aromatic carbocycles. The molecule has 0 amide bonds. The van der Waals surface area contributed by atoms with Gasteiger partial charge in [0.15, 0.2) is 5.58 Å². The Balaban J connectivity index is 2.20. The third-order valence-electron chi connectivity index (χ3n) is 2.55. The van der Waals surface area contributed by atoms with E-state index in [1.807, 2.05) is 13.8 Å². The number of H-pyrrole nitrogens is 1. The number of aliphatic hydroxyl groups excluding tert-OH is 1. The highest BCUT2D eigenvalue weighted by molar-refractivity contribution is 5.72. The molecule has 0 spiro atoms. The van der Waals surface area contributed by atoms with Crippen LogP contribution in [0.3, 0.4) is 0 Å². The molecule has 0 saturated carbocycles. The van der Waals surface area contributed by atoms with E-state index in [9.17, 15) is 9.90 Å². The van der Waals surface area contributed by atoms with E-state index in [-0.39, 0.29) is 0 Å². The Morgan fingerprint density at radius 3 is 2.94 bits per heavy atom. The van der Waals surface area contributed by atoms with Crippen LogP contribution in [0.15, 0.2) is 27.4 Å². The molecule has 0 bridgehead atoms. The molecule has 1 aromatic heterocycles. The molecule has 2 rings (SSSR count). The van der Waals surface area contributed by atoms with Gasteiger partial charge in [0.2, 0.25) is 0 Å². The second kappa shape index (κ2) is 4.73. The van der Waals surface area contributed by atoms with Crippen molar-refractivity contribution in [3.8, 4) is 0 Å². The van der Waals surface area contributed by atoms with Crippen LogP contribution in [0.25, 0.3) is 11.1 Å². The zero-order chi connectivity index (χ0) is 12.4. The maximum absolute atomic E-state index is 11.0. The molecule has 0 radical (unpaired) electrons. The first-order chi connectivity index (χ1) is 8.06. The van der Waals surface area contributed by atoms with Gasteiger partial charge in [0.1, 0.15) is 0 Å². The molecular formula is C12H16N2O3. The summed E-state index contributed by atoms with van der Waals surface area (Å²) >= 11 is 0. The number of hydrogen-bond acceptors (Lipinski definition) is 4. The van der Waals surface area contributed by atoms with Crippen LogP contribution in [-0.4, -0.2) is 22.7 Å². The van der Waals surface area contributed by atoms with Crippen molar-refractivity contribution in [3.63, 3.8) is 0 Å². The van der Waals surface area contributed by atoms with Crippen molar-refractivity contribution in [2.75, 3.05) is 6.54 Å². The molecule has 17 heavy (non-hydrogen) atoms. The molecule has 5 heteroatoms. The minimum Gasteiger partial charge on any atom is -0.408 e. The maximum atomic E-state index is 11.0. The van der Waals surface area contributed by atoms with Gasteiger partial charge in [-0.25, -0.2) is 4.79 Å². The zero-order valence-electron chi connectivity index (χ0n) is 9.86. The summed E-state index contributed by atoms with van der Waals surface area (Å²) in [6, 6.07) is 5.51. The van der Waals surface area contributed by atoms with E-state index in [2.05, 4.69) is 10.3 Å². The number of rotatable bonds is 4. The Morgan fingerprint density at radius 2 is 2.24 bits per heavy atom. The van der Waals surface area contributed by atoms with E-state index in [1.165, 1.54) is 0 Å². The monoisotopic (exact) mass is 236 g/mol. The number of nitrogens with one attached hydrogen (secondary N) is 2. The first-order valence-electron chi connectivity index (χ1n) is 5.60. The number of oxazole rings is 1. The fourth-order valence-corrected chi connectivity index (χ4v) is 1.63. The fourth-order valence-electron chi connectivity index (χ4n) is 1.63. The van der Waals surface area contributed by atoms with Crippen LogP contribution in [0.2, 0.25) is 0 Å². The van der Waals surface area contributed by atoms with Gasteiger partial charge in [-0.2, -0.15) is 0 Å². The van der Waals surface area contributed by atoms with Crippen LogP contribution >= 0.6 is 0 Å². The molecule has 0 fully saturated rings. The summed E-state index contributed by atoms with van der Waals surface area (Å²) in [6.45, 7) is 4.50. The molecule has 3 N–H and O–H groups in total.